The number of fused-ring (bicyclic) bond motifs is 1. The van der Waals surface area contributed by atoms with Gasteiger partial charge in [0.1, 0.15) is 11.6 Å². The Morgan fingerprint density at radius 2 is 1.70 bits per heavy atom. The number of nitrogens with two attached hydrogens (primary N) is 1. The van der Waals surface area contributed by atoms with Gasteiger partial charge in [-0.3, -0.25) is 0 Å². The topological polar surface area (TPSA) is 61.0 Å². The van der Waals surface area contributed by atoms with E-state index in [0.29, 0.717) is 22.2 Å². The average molecular weight is 359 g/mol. The van der Waals surface area contributed by atoms with Gasteiger partial charge in [0.25, 0.3) is 0 Å². The number of nitrogens with zero attached hydrogens (tertiary/aromatic N) is 2. The summed E-state index contributed by atoms with van der Waals surface area (Å²) in [5.41, 5.74) is 9.46. The third-order valence-corrected chi connectivity index (χ3v) is 4.71. The van der Waals surface area contributed by atoms with Crippen LogP contribution in [0.25, 0.3) is 10.8 Å². The number of para-hydroxylation sites is 1. The van der Waals surface area contributed by atoms with Crippen molar-refractivity contribution in [3.8, 4) is 5.75 Å². The van der Waals surface area contributed by atoms with E-state index in [0.717, 1.165) is 16.9 Å². The molecule has 2 N–H and O–H groups in total. The van der Waals surface area contributed by atoms with Crippen LogP contribution in [-0.4, -0.2) is 17.3 Å². The lowest BCUT2D eigenvalue weighted by Gasteiger charge is -2.21. The lowest BCUT2D eigenvalue weighted by molar-refractivity contribution is 0.414. The molecule has 0 spiro atoms. The molecular weight excluding hydrogens is 341 g/mol. The summed E-state index contributed by atoms with van der Waals surface area (Å²) in [5.74, 6) is 0.154. The maximum absolute atomic E-state index is 14.3. The molecule has 134 valence electrons. The van der Waals surface area contributed by atoms with E-state index in [4.69, 9.17) is 10.5 Å². The Labute approximate surface area is 156 Å². The quantitative estimate of drug-likeness (QED) is 0.544. The Morgan fingerprint density at radius 1 is 0.926 bits per heavy atom. The van der Waals surface area contributed by atoms with Crippen LogP contribution in [0.5, 0.6) is 5.75 Å². The van der Waals surface area contributed by atoms with Crippen LogP contribution in [0.15, 0.2) is 72.9 Å². The van der Waals surface area contributed by atoms with Gasteiger partial charge < -0.3 is 10.5 Å². The van der Waals surface area contributed by atoms with Crippen LogP contribution in [0.1, 0.15) is 22.7 Å². The Kier molecular flexibility index (Phi) is 4.42. The third-order valence-electron chi connectivity index (χ3n) is 4.71. The number of methoxy groups -OCH3 is 1. The first kappa shape index (κ1) is 17.0. The van der Waals surface area contributed by atoms with Gasteiger partial charge in [0, 0.05) is 16.5 Å². The number of benzene rings is 3. The molecule has 0 fully saturated rings. The first-order valence-corrected chi connectivity index (χ1v) is 8.57. The summed E-state index contributed by atoms with van der Waals surface area (Å²) in [5, 5.41) is 9.59. The summed E-state index contributed by atoms with van der Waals surface area (Å²) in [7, 11) is 1.63. The lowest BCUT2D eigenvalue weighted by atomic mass is 9.85. The number of halogens is 1. The van der Waals surface area contributed by atoms with E-state index in [1.54, 1.807) is 13.2 Å². The van der Waals surface area contributed by atoms with E-state index >= 15 is 0 Å². The minimum Gasteiger partial charge on any atom is -0.497 e. The number of anilines is 1. The zero-order valence-corrected chi connectivity index (χ0v) is 14.8. The number of ether oxygens (including phenoxy) is 1. The molecule has 0 aliphatic rings. The number of hydrogen-bond donors (Lipinski definition) is 1. The van der Waals surface area contributed by atoms with Crippen molar-refractivity contribution in [1.82, 2.24) is 10.2 Å². The molecule has 27 heavy (non-hydrogen) atoms. The van der Waals surface area contributed by atoms with Gasteiger partial charge in [-0.25, -0.2) is 4.39 Å². The second-order valence-corrected chi connectivity index (χ2v) is 6.27. The van der Waals surface area contributed by atoms with Gasteiger partial charge in [-0.05, 0) is 35.4 Å². The molecule has 0 bridgehead atoms. The van der Waals surface area contributed by atoms with Crippen LogP contribution in [0.3, 0.4) is 0 Å². The first-order valence-electron chi connectivity index (χ1n) is 8.57. The van der Waals surface area contributed by atoms with Crippen LogP contribution < -0.4 is 10.5 Å². The second kappa shape index (κ2) is 7.03. The van der Waals surface area contributed by atoms with Gasteiger partial charge in [-0.1, -0.05) is 42.5 Å². The molecule has 1 atom stereocenters. The summed E-state index contributed by atoms with van der Waals surface area (Å²) in [4.78, 5) is 0. The summed E-state index contributed by atoms with van der Waals surface area (Å²) in [6, 6.07) is 20.3. The molecule has 1 aromatic heterocycles. The average Bonchev–Trinajstić information content (AvgIpc) is 2.71. The van der Waals surface area contributed by atoms with Gasteiger partial charge in [0.15, 0.2) is 0 Å². The Balaban J connectivity index is 1.99. The lowest BCUT2D eigenvalue weighted by Crippen LogP contribution is -2.10. The largest absolute Gasteiger partial charge is 0.497 e. The normalized spacial score (nSPS) is 12.1. The van der Waals surface area contributed by atoms with E-state index in [9.17, 15) is 4.39 Å². The number of nitrogen functional groups attached to an aromatic ring is 1. The zero-order chi connectivity index (χ0) is 18.8. The molecule has 4 nitrogen and oxygen atoms in total. The van der Waals surface area contributed by atoms with Gasteiger partial charge in [-0.15, -0.1) is 0 Å². The van der Waals surface area contributed by atoms with Gasteiger partial charge in [0.2, 0.25) is 0 Å². The summed E-state index contributed by atoms with van der Waals surface area (Å²) >= 11 is 0. The summed E-state index contributed by atoms with van der Waals surface area (Å²) in [6.45, 7) is 0. The highest BCUT2D eigenvalue weighted by molar-refractivity contribution is 5.85. The Morgan fingerprint density at radius 3 is 2.44 bits per heavy atom. The van der Waals surface area contributed by atoms with Crippen molar-refractivity contribution < 1.29 is 9.13 Å². The van der Waals surface area contributed by atoms with E-state index in [1.807, 2.05) is 54.6 Å². The molecule has 0 amide bonds. The molecule has 4 rings (SSSR count). The Hall–Kier alpha value is -3.47. The molecule has 1 heterocycles. The molecule has 3 aromatic carbocycles. The van der Waals surface area contributed by atoms with Crippen molar-refractivity contribution in [1.29, 1.82) is 0 Å². The predicted octanol–water partition coefficient (Wildman–Crippen LogP) is 4.54. The first-order chi connectivity index (χ1) is 13.2. The van der Waals surface area contributed by atoms with E-state index in [1.165, 1.54) is 12.3 Å². The molecule has 0 aliphatic heterocycles. The van der Waals surface area contributed by atoms with Crippen molar-refractivity contribution in [2.75, 3.05) is 12.8 Å². The minimum atomic E-state index is -0.321. The van der Waals surface area contributed by atoms with Crippen molar-refractivity contribution in [2.24, 2.45) is 0 Å². The van der Waals surface area contributed by atoms with Gasteiger partial charge in [0.05, 0.1) is 24.9 Å². The summed E-state index contributed by atoms with van der Waals surface area (Å²) in [6.07, 6.45) is 1.45. The van der Waals surface area contributed by atoms with Crippen LogP contribution in [0.4, 0.5) is 10.1 Å². The van der Waals surface area contributed by atoms with Crippen molar-refractivity contribution in [2.45, 2.75) is 5.92 Å². The molecule has 5 heteroatoms. The van der Waals surface area contributed by atoms with Crippen molar-refractivity contribution in [3.05, 3.63) is 95.6 Å². The highest BCUT2D eigenvalue weighted by Gasteiger charge is 2.23. The molecule has 0 aliphatic carbocycles. The standard InChI is InChI=1S/C22H18FN3O/c1-27-15-11-9-14(10-12-15)21(17-5-2-3-8-20(17)24)22-16-6-4-7-19(23)18(16)13-25-26-22/h2-13,21H,24H2,1H3. The molecule has 4 aromatic rings. The number of hydrogen-bond acceptors (Lipinski definition) is 4. The predicted molar refractivity (Wildman–Crippen MR) is 104 cm³/mol. The van der Waals surface area contributed by atoms with Crippen molar-refractivity contribution >= 4 is 16.5 Å². The third kappa shape index (κ3) is 3.08. The van der Waals surface area contributed by atoms with Gasteiger partial charge in [-0.2, -0.15) is 10.2 Å². The van der Waals surface area contributed by atoms with E-state index < -0.39 is 0 Å². The van der Waals surface area contributed by atoms with Crippen molar-refractivity contribution in [3.63, 3.8) is 0 Å². The van der Waals surface area contributed by atoms with E-state index in [2.05, 4.69) is 10.2 Å². The van der Waals surface area contributed by atoms with Gasteiger partial charge >= 0.3 is 0 Å². The fraction of sp³-hybridized carbons (Fsp3) is 0.0909. The second-order valence-electron chi connectivity index (χ2n) is 6.27. The van der Waals surface area contributed by atoms with Crippen LogP contribution >= 0.6 is 0 Å². The Bertz CT molecular complexity index is 1100. The minimum absolute atomic E-state index is 0.282. The van der Waals surface area contributed by atoms with Crippen LogP contribution in [-0.2, 0) is 0 Å². The van der Waals surface area contributed by atoms with E-state index in [-0.39, 0.29) is 11.7 Å². The highest BCUT2D eigenvalue weighted by Crippen LogP contribution is 2.37. The monoisotopic (exact) mass is 359 g/mol. The molecule has 0 saturated carbocycles. The van der Waals surface area contributed by atoms with Crippen LogP contribution in [0, 0.1) is 5.82 Å². The summed E-state index contributed by atoms with van der Waals surface area (Å²) < 4.78 is 19.6. The molecular formula is C22H18FN3O. The molecule has 1 unspecified atom stereocenters. The molecule has 0 saturated heterocycles. The number of rotatable bonds is 4. The maximum atomic E-state index is 14.3. The maximum Gasteiger partial charge on any atom is 0.132 e. The fourth-order valence-corrected chi connectivity index (χ4v) is 3.36. The smallest absolute Gasteiger partial charge is 0.132 e. The molecule has 0 radical (unpaired) electrons. The fourth-order valence-electron chi connectivity index (χ4n) is 3.36. The zero-order valence-electron chi connectivity index (χ0n) is 14.8. The van der Waals surface area contributed by atoms with Crippen LogP contribution in [0.2, 0.25) is 0 Å². The highest BCUT2D eigenvalue weighted by atomic mass is 19.1. The SMILES string of the molecule is COc1ccc(C(c2ccccc2N)c2nncc3c(F)cccc23)cc1. The number of aromatic nitrogens is 2.